The predicted molar refractivity (Wildman–Crippen MR) is 91.1 cm³/mol. The average molecular weight is 372 g/mol. The van der Waals surface area contributed by atoms with Crippen LogP contribution in [-0.2, 0) is 4.79 Å². The average Bonchev–Trinajstić information content (AvgIpc) is 2.61. The van der Waals surface area contributed by atoms with Crippen molar-refractivity contribution in [3.05, 3.63) is 69.3 Å². The molecule has 2 rings (SSSR count). The number of nitrogens with zero attached hydrogens (tertiary/aromatic N) is 2. The summed E-state index contributed by atoms with van der Waals surface area (Å²) in [6, 6.07) is 10.3. The number of nitriles is 1. The number of nitro benzene ring substituents is 1. The molecule has 2 aromatic rings. The molecule has 0 spiro atoms. The summed E-state index contributed by atoms with van der Waals surface area (Å²) in [4.78, 5) is 30.2. The molecule has 0 saturated carbocycles. The lowest BCUT2D eigenvalue weighted by Crippen LogP contribution is -1.97. The van der Waals surface area contributed by atoms with Gasteiger partial charge in [-0.05, 0) is 29.8 Å². The lowest BCUT2D eigenvalue weighted by molar-refractivity contribution is -0.385. The fourth-order valence-corrected chi connectivity index (χ4v) is 1.69. The topological polar surface area (TPSA) is 182 Å². The van der Waals surface area contributed by atoms with E-state index in [4.69, 9.17) is 25.7 Å². The fraction of sp³-hybridized carbons (Fsp3) is 0. The van der Waals surface area contributed by atoms with Gasteiger partial charge in [-0.2, -0.15) is 5.26 Å². The van der Waals surface area contributed by atoms with Crippen molar-refractivity contribution in [2.24, 2.45) is 0 Å². The van der Waals surface area contributed by atoms with Gasteiger partial charge in [0.25, 0.3) is 0 Å². The molecule has 0 fully saturated rings. The quantitative estimate of drug-likeness (QED) is 0.271. The van der Waals surface area contributed by atoms with Crippen molar-refractivity contribution in [1.82, 2.24) is 0 Å². The number of aliphatic carboxylic acids is 1. The predicted octanol–water partition coefficient (Wildman–Crippen LogP) is 2.38. The first-order valence-electron chi connectivity index (χ1n) is 7.00. The molecule has 0 atom stereocenters. The summed E-state index contributed by atoms with van der Waals surface area (Å²) in [6.07, 6.45) is 1.24. The molecule has 0 bridgehead atoms. The van der Waals surface area contributed by atoms with Crippen LogP contribution in [0.4, 0.5) is 5.69 Å². The highest BCUT2D eigenvalue weighted by Gasteiger charge is 2.15. The van der Waals surface area contributed by atoms with E-state index >= 15 is 0 Å². The van der Waals surface area contributed by atoms with Gasteiger partial charge in [0, 0.05) is 12.1 Å². The van der Waals surface area contributed by atoms with Crippen molar-refractivity contribution >= 4 is 23.7 Å². The normalized spacial score (nSPS) is 10.1. The van der Waals surface area contributed by atoms with Gasteiger partial charge in [-0.1, -0.05) is 12.1 Å². The second-order valence-electron chi connectivity index (χ2n) is 4.83. The van der Waals surface area contributed by atoms with Gasteiger partial charge in [-0.3, -0.25) is 10.1 Å². The summed E-state index contributed by atoms with van der Waals surface area (Å²) in [6.45, 7) is 0. The summed E-state index contributed by atoms with van der Waals surface area (Å²) >= 11 is 0. The second kappa shape index (κ2) is 9.19. The second-order valence-corrected chi connectivity index (χ2v) is 4.83. The minimum absolute atomic E-state index is 0.0935. The van der Waals surface area contributed by atoms with E-state index in [9.17, 15) is 19.7 Å². The Labute approximate surface area is 151 Å². The number of carboxylic acid groups (broad SMARTS) is 2. The number of benzene rings is 2. The number of carbonyl (C=O) groups is 2. The smallest absolute Gasteiger partial charge is 0.346 e. The molecule has 0 saturated heterocycles. The molecule has 0 aliphatic heterocycles. The Balaban J connectivity index is 0.000000271. The third kappa shape index (κ3) is 6.20. The van der Waals surface area contributed by atoms with Crippen LogP contribution in [0.5, 0.6) is 11.5 Å². The Morgan fingerprint density at radius 2 is 1.67 bits per heavy atom. The Morgan fingerprint density at radius 3 is 2.07 bits per heavy atom. The van der Waals surface area contributed by atoms with Crippen molar-refractivity contribution in [2.45, 2.75) is 0 Å². The van der Waals surface area contributed by atoms with Crippen LogP contribution in [0, 0.1) is 21.4 Å². The van der Waals surface area contributed by atoms with E-state index in [2.05, 4.69) is 0 Å². The molecule has 27 heavy (non-hydrogen) atoms. The summed E-state index contributed by atoms with van der Waals surface area (Å²) in [5.41, 5.74) is -0.481. The van der Waals surface area contributed by atoms with Crippen molar-refractivity contribution in [3.8, 4) is 17.6 Å². The summed E-state index contributed by atoms with van der Waals surface area (Å²) < 4.78 is 0. The van der Waals surface area contributed by atoms with Crippen LogP contribution in [0.3, 0.4) is 0 Å². The summed E-state index contributed by atoms with van der Waals surface area (Å²) in [5.74, 6) is -3.06. The van der Waals surface area contributed by atoms with Gasteiger partial charge >= 0.3 is 17.6 Å². The highest BCUT2D eigenvalue weighted by Crippen LogP contribution is 2.25. The van der Waals surface area contributed by atoms with Gasteiger partial charge < -0.3 is 20.4 Å². The maximum absolute atomic E-state index is 10.5. The zero-order chi connectivity index (χ0) is 20.6. The van der Waals surface area contributed by atoms with Crippen LogP contribution < -0.4 is 0 Å². The Kier molecular flexibility index (Phi) is 7.03. The fourth-order valence-electron chi connectivity index (χ4n) is 1.69. The first-order valence-corrected chi connectivity index (χ1v) is 7.00. The van der Waals surface area contributed by atoms with Gasteiger partial charge in [0.15, 0.2) is 5.75 Å². The molecule has 0 heterocycles. The van der Waals surface area contributed by atoms with Crippen LogP contribution >= 0.6 is 0 Å². The Hall–Kier alpha value is -4.39. The van der Waals surface area contributed by atoms with Gasteiger partial charge in [-0.15, -0.1) is 0 Å². The molecule has 0 aliphatic rings. The molecule has 4 N–H and O–H groups in total. The van der Waals surface area contributed by atoms with Crippen LogP contribution in [0.15, 0.2) is 48.0 Å². The largest absolute Gasteiger partial charge is 0.508 e. The van der Waals surface area contributed by atoms with Crippen LogP contribution in [0.25, 0.3) is 6.08 Å². The van der Waals surface area contributed by atoms with Crippen LogP contribution in [0.1, 0.15) is 15.9 Å². The molecular weight excluding hydrogens is 360 g/mol. The zero-order valence-corrected chi connectivity index (χ0v) is 13.4. The molecule has 0 unspecified atom stereocenters. The third-order valence-electron chi connectivity index (χ3n) is 2.97. The van der Waals surface area contributed by atoms with Crippen molar-refractivity contribution < 1.29 is 34.9 Å². The SMILES string of the molecule is N#CC(=Cc1ccc(O)cc1)C(=O)O.O=C(O)c1ccc([N+](=O)[O-])c(O)c1. The molecular formula is C17H12N2O8. The monoisotopic (exact) mass is 372 g/mol. The number of phenolic OH excluding ortho intramolecular Hbond substituents is 2. The van der Waals surface area contributed by atoms with E-state index < -0.39 is 28.3 Å². The number of carboxylic acids is 2. The third-order valence-corrected chi connectivity index (χ3v) is 2.97. The minimum atomic E-state index is -1.26. The Bertz CT molecular complexity index is 942. The van der Waals surface area contributed by atoms with Gasteiger partial charge in [-0.25, -0.2) is 9.59 Å². The van der Waals surface area contributed by atoms with E-state index in [-0.39, 0.29) is 16.9 Å². The van der Waals surface area contributed by atoms with Gasteiger partial charge in [0.05, 0.1) is 10.5 Å². The number of phenols is 2. The van der Waals surface area contributed by atoms with Gasteiger partial charge in [0.1, 0.15) is 17.4 Å². The van der Waals surface area contributed by atoms with E-state index in [1.54, 1.807) is 6.07 Å². The Morgan fingerprint density at radius 1 is 1.07 bits per heavy atom. The maximum Gasteiger partial charge on any atom is 0.346 e. The standard InChI is InChI=1S/C10H7NO3.C7H5NO5/c11-6-8(10(13)14)5-7-1-3-9(12)4-2-7;9-6-3-4(7(10)11)1-2-5(6)8(12)13/h1-5,12H,(H,13,14);1-3,9H,(H,10,11). The minimum Gasteiger partial charge on any atom is -0.508 e. The number of hydrogen-bond acceptors (Lipinski definition) is 7. The molecule has 0 aromatic heterocycles. The zero-order valence-electron chi connectivity index (χ0n) is 13.4. The number of aromatic carboxylic acids is 1. The molecule has 0 aliphatic carbocycles. The van der Waals surface area contributed by atoms with Crippen LogP contribution in [-0.4, -0.2) is 37.3 Å². The highest BCUT2D eigenvalue weighted by atomic mass is 16.6. The summed E-state index contributed by atoms with van der Waals surface area (Å²) in [5, 5.41) is 53.6. The number of rotatable bonds is 4. The van der Waals surface area contributed by atoms with E-state index in [0.29, 0.717) is 5.56 Å². The lowest BCUT2D eigenvalue weighted by atomic mass is 10.1. The van der Waals surface area contributed by atoms with E-state index in [1.807, 2.05) is 0 Å². The number of aromatic hydroxyl groups is 2. The molecule has 2 aromatic carbocycles. The maximum atomic E-state index is 10.5. The molecule has 138 valence electrons. The molecule has 10 nitrogen and oxygen atoms in total. The number of hydrogen-bond donors (Lipinski definition) is 4. The van der Waals surface area contributed by atoms with E-state index in [1.165, 1.54) is 30.3 Å². The lowest BCUT2D eigenvalue weighted by Gasteiger charge is -1.96. The van der Waals surface area contributed by atoms with Crippen molar-refractivity contribution in [1.29, 1.82) is 5.26 Å². The van der Waals surface area contributed by atoms with E-state index in [0.717, 1.165) is 18.2 Å². The highest BCUT2D eigenvalue weighted by molar-refractivity contribution is 5.96. The van der Waals surface area contributed by atoms with Crippen LogP contribution in [0.2, 0.25) is 0 Å². The van der Waals surface area contributed by atoms with Crippen molar-refractivity contribution in [3.63, 3.8) is 0 Å². The first kappa shape index (κ1) is 20.7. The molecule has 0 radical (unpaired) electrons. The first-order chi connectivity index (χ1) is 12.6. The number of nitro groups is 1. The van der Waals surface area contributed by atoms with Gasteiger partial charge in [0.2, 0.25) is 0 Å². The molecule has 10 heteroatoms. The molecule has 0 amide bonds. The van der Waals surface area contributed by atoms with Crippen molar-refractivity contribution in [2.75, 3.05) is 0 Å². The summed E-state index contributed by atoms with van der Waals surface area (Å²) in [7, 11) is 0.